The molecule has 1 aromatic rings. The molecule has 0 saturated heterocycles. The van der Waals surface area contributed by atoms with E-state index in [0.29, 0.717) is 5.56 Å². The van der Waals surface area contributed by atoms with Crippen molar-refractivity contribution in [3.63, 3.8) is 0 Å². The second-order valence-electron chi connectivity index (χ2n) is 5.87. The zero-order chi connectivity index (χ0) is 15.6. The fraction of sp³-hybridized carbons (Fsp3) is 0.562. The van der Waals surface area contributed by atoms with Crippen LogP contribution in [0.5, 0.6) is 0 Å². The molecule has 2 nitrogen and oxygen atoms in total. The second kappa shape index (κ2) is 6.18. The lowest BCUT2D eigenvalue weighted by atomic mass is 10.0. The molecule has 2 rings (SSSR count). The third kappa shape index (κ3) is 5.16. The van der Waals surface area contributed by atoms with Crippen molar-refractivity contribution < 1.29 is 18.0 Å². The summed E-state index contributed by atoms with van der Waals surface area (Å²) < 4.78 is 37.6. The molecule has 0 radical (unpaired) electrons. The summed E-state index contributed by atoms with van der Waals surface area (Å²) >= 11 is 0. The molecule has 0 aliphatic heterocycles. The van der Waals surface area contributed by atoms with E-state index in [0.717, 1.165) is 24.0 Å². The highest BCUT2D eigenvalue weighted by Gasteiger charge is 2.37. The highest BCUT2D eigenvalue weighted by Crippen LogP contribution is 2.30. The fourth-order valence-electron chi connectivity index (χ4n) is 2.59. The van der Waals surface area contributed by atoms with Crippen LogP contribution in [0.3, 0.4) is 0 Å². The molecule has 1 fully saturated rings. The Morgan fingerprint density at radius 2 is 1.76 bits per heavy atom. The first-order chi connectivity index (χ1) is 9.74. The highest BCUT2D eigenvalue weighted by atomic mass is 19.4. The summed E-state index contributed by atoms with van der Waals surface area (Å²) in [5.74, 6) is -0.0883. The van der Waals surface area contributed by atoms with Crippen molar-refractivity contribution in [3.8, 4) is 0 Å². The van der Waals surface area contributed by atoms with Crippen LogP contribution in [0.4, 0.5) is 13.2 Å². The van der Waals surface area contributed by atoms with Gasteiger partial charge >= 0.3 is 6.18 Å². The van der Waals surface area contributed by atoms with E-state index in [1.54, 1.807) is 12.1 Å². The molecule has 0 unspecified atom stereocenters. The van der Waals surface area contributed by atoms with E-state index in [-0.39, 0.29) is 24.8 Å². The molecule has 0 bridgehead atoms. The molecule has 0 amide bonds. The zero-order valence-electron chi connectivity index (χ0n) is 12.3. The zero-order valence-corrected chi connectivity index (χ0v) is 12.3. The predicted molar refractivity (Wildman–Crippen MR) is 75.5 cm³/mol. The predicted octanol–water partition coefficient (Wildman–Crippen LogP) is 3.90. The number of aryl methyl sites for hydroxylation is 2. The van der Waals surface area contributed by atoms with Gasteiger partial charge < -0.3 is 0 Å². The highest BCUT2D eigenvalue weighted by molar-refractivity contribution is 5.96. The molecule has 0 spiro atoms. The number of rotatable bonds is 6. The summed E-state index contributed by atoms with van der Waals surface area (Å²) in [6.07, 6.45) is -2.47. The smallest absolute Gasteiger partial charge is 0.294 e. The SMILES string of the molecule is Cc1cc(C)cc(C(=O)CCN(CC(F)(F)F)C2CC2)c1. The number of hydrogen-bond acceptors (Lipinski definition) is 2. The standard InChI is InChI=1S/C16H20F3NO/c1-11-7-12(2)9-13(8-11)15(21)5-6-20(14-3-4-14)10-16(17,18)19/h7-9,14H,3-6,10H2,1-2H3. The van der Waals surface area contributed by atoms with Crippen LogP contribution in [-0.4, -0.2) is 36.0 Å². The number of halogens is 3. The Morgan fingerprint density at radius 3 is 2.24 bits per heavy atom. The Bertz CT molecular complexity index is 500. The second-order valence-corrected chi connectivity index (χ2v) is 5.87. The van der Waals surface area contributed by atoms with Crippen LogP contribution in [0.15, 0.2) is 18.2 Å². The summed E-state index contributed by atoms with van der Waals surface area (Å²) in [6.45, 7) is 3.07. The molecular weight excluding hydrogens is 279 g/mol. The van der Waals surface area contributed by atoms with E-state index < -0.39 is 12.7 Å². The number of Topliss-reactive ketones (excluding diaryl/α,β-unsaturated/α-hetero) is 1. The minimum Gasteiger partial charge on any atom is -0.294 e. The van der Waals surface area contributed by atoms with E-state index in [4.69, 9.17) is 0 Å². The van der Waals surface area contributed by atoms with Gasteiger partial charge in [-0.15, -0.1) is 0 Å². The number of hydrogen-bond donors (Lipinski definition) is 0. The Morgan fingerprint density at radius 1 is 1.19 bits per heavy atom. The van der Waals surface area contributed by atoms with Crippen LogP contribution in [0.1, 0.15) is 40.7 Å². The van der Waals surface area contributed by atoms with Gasteiger partial charge in [0, 0.05) is 24.6 Å². The number of alkyl halides is 3. The summed E-state index contributed by atoms with van der Waals surface area (Å²) in [5.41, 5.74) is 2.58. The Balaban J connectivity index is 1.95. The van der Waals surface area contributed by atoms with Crippen molar-refractivity contribution in [1.82, 2.24) is 4.90 Å². The largest absolute Gasteiger partial charge is 0.401 e. The van der Waals surface area contributed by atoms with Crippen LogP contribution in [-0.2, 0) is 0 Å². The Labute approximate surface area is 122 Å². The number of nitrogens with zero attached hydrogens (tertiary/aromatic N) is 1. The monoisotopic (exact) mass is 299 g/mol. The van der Waals surface area contributed by atoms with Crippen molar-refractivity contribution in [1.29, 1.82) is 0 Å². The third-order valence-corrected chi connectivity index (χ3v) is 3.62. The molecule has 21 heavy (non-hydrogen) atoms. The van der Waals surface area contributed by atoms with E-state index in [9.17, 15) is 18.0 Å². The first kappa shape index (κ1) is 16.0. The number of benzene rings is 1. The number of carbonyl (C=O) groups is 1. The fourth-order valence-corrected chi connectivity index (χ4v) is 2.59. The van der Waals surface area contributed by atoms with Gasteiger partial charge in [0.05, 0.1) is 6.54 Å². The van der Waals surface area contributed by atoms with Crippen LogP contribution in [0.25, 0.3) is 0 Å². The maximum atomic E-state index is 12.5. The van der Waals surface area contributed by atoms with Crippen LogP contribution >= 0.6 is 0 Å². The lowest BCUT2D eigenvalue weighted by Crippen LogP contribution is -2.37. The summed E-state index contributed by atoms with van der Waals surface area (Å²) in [6, 6.07) is 5.55. The van der Waals surface area contributed by atoms with Gasteiger partial charge in [0.2, 0.25) is 0 Å². The molecule has 0 atom stereocenters. The topological polar surface area (TPSA) is 20.3 Å². The molecule has 0 N–H and O–H groups in total. The molecule has 116 valence electrons. The molecule has 5 heteroatoms. The summed E-state index contributed by atoms with van der Waals surface area (Å²) in [4.78, 5) is 13.5. The van der Waals surface area contributed by atoms with Gasteiger partial charge in [0.1, 0.15) is 0 Å². The number of ketones is 1. The van der Waals surface area contributed by atoms with Gasteiger partial charge in [-0.3, -0.25) is 9.69 Å². The molecule has 0 heterocycles. The lowest BCUT2D eigenvalue weighted by molar-refractivity contribution is -0.147. The van der Waals surface area contributed by atoms with Crippen molar-refractivity contribution in [2.75, 3.05) is 13.1 Å². The average molecular weight is 299 g/mol. The Hall–Kier alpha value is -1.36. The molecule has 0 aromatic heterocycles. The van der Waals surface area contributed by atoms with Crippen molar-refractivity contribution in [2.45, 2.75) is 45.3 Å². The van der Waals surface area contributed by atoms with Gasteiger partial charge in [0.15, 0.2) is 5.78 Å². The van der Waals surface area contributed by atoms with Crippen LogP contribution < -0.4 is 0 Å². The number of carbonyl (C=O) groups excluding carboxylic acids is 1. The minimum atomic E-state index is -4.20. The van der Waals surface area contributed by atoms with Gasteiger partial charge in [0.25, 0.3) is 0 Å². The van der Waals surface area contributed by atoms with E-state index in [2.05, 4.69) is 0 Å². The van der Waals surface area contributed by atoms with E-state index in [1.807, 2.05) is 19.9 Å². The van der Waals surface area contributed by atoms with Gasteiger partial charge in [-0.2, -0.15) is 13.2 Å². The van der Waals surface area contributed by atoms with E-state index in [1.165, 1.54) is 4.90 Å². The molecule has 1 aromatic carbocycles. The summed E-state index contributed by atoms with van der Waals surface area (Å²) in [5, 5.41) is 0. The van der Waals surface area contributed by atoms with Gasteiger partial charge in [-0.25, -0.2) is 0 Å². The summed E-state index contributed by atoms with van der Waals surface area (Å²) in [7, 11) is 0. The van der Waals surface area contributed by atoms with Crippen LogP contribution in [0.2, 0.25) is 0 Å². The lowest BCUT2D eigenvalue weighted by Gasteiger charge is -2.22. The normalized spacial score (nSPS) is 15.5. The first-order valence-corrected chi connectivity index (χ1v) is 7.17. The first-order valence-electron chi connectivity index (χ1n) is 7.17. The minimum absolute atomic E-state index is 0.00123. The van der Waals surface area contributed by atoms with Crippen molar-refractivity contribution in [3.05, 3.63) is 34.9 Å². The average Bonchev–Trinajstić information content (AvgIpc) is 3.15. The molecule has 1 aliphatic carbocycles. The van der Waals surface area contributed by atoms with Crippen molar-refractivity contribution >= 4 is 5.78 Å². The maximum Gasteiger partial charge on any atom is 0.401 e. The molecule has 1 saturated carbocycles. The molecular formula is C16H20F3NO. The Kier molecular flexibility index (Phi) is 4.71. The third-order valence-electron chi connectivity index (χ3n) is 3.62. The van der Waals surface area contributed by atoms with Gasteiger partial charge in [-0.05, 0) is 38.8 Å². The van der Waals surface area contributed by atoms with E-state index >= 15 is 0 Å². The van der Waals surface area contributed by atoms with Gasteiger partial charge in [-0.1, -0.05) is 17.2 Å². The maximum absolute atomic E-state index is 12.5. The van der Waals surface area contributed by atoms with Crippen LogP contribution in [0, 0.1) is 13.8 Å². The molecule has 1 aliphatic rings. The van der Waals surface area contributed by atoms with Crippen molar-refractivity contribution in [2.24, 2.45) is 0 Å². The quantitative estimate of drug-likeness (QED) is 0.742.